The Morgan fingerprint density at radius 2 is 1.72 bits per heavy atom. The fourth-order valence-corrected chi connectivity index (χ4v) is 3.91. The highest BCUT2D eigenvalue weighted by molar-refractivity contribution is 9.10. The zero-order valence-corrected chi connectivity index (χ0v) is 16.0. The van der Waals surface area contributed by atoms with Crippen molar-refractivity contribution in [3.63, 3.8) is 0 Å². The Balaban J connectivity index is 0.00000289. The van der Waals surface area contributed by atoms with Crippen LogP contribution in [0.15, 0.2) is 30.3 Å². The Labute approximate surface area is 132 Å². The minimum atomic E-state index is -1.17. The molecule has 1 nitrogen and oxygen atoms in total. The molecule has 0 heterocycles. The third-order valence-electron chi connectivity index (χ3n) is 3.04. The van der Waals surface area contributed by atoms with Crippen LogP contribution < -0.4 is 22.3 Å². The first kappa shape index (κ1) is 18.4. The lowest BCUT2D eigenvalue weighted by atomic mass is 10.1. The number of alkyl halides is 1. The molecule has 2 N–H and O–H groups in total. The van der Waals surface area contributed by atoms with Crippen molar-refractivity contribution < 1.29 is 22.3 Å². The second-order valence-electron chi connectivity index (χ2n) is 5.73. The van der Waals surface area contributed by atoms with Gasteiger partial charge in [0.1, 0.15) is 6.04 Å². The molecule has 0 amide bonds. The molecule has 4 heteroatoms. The minimum Gasteiger partial charge on any atom is -1.00 e. The van der Waals surface area contributed by atoms with E-state index in [1.165, 1.54) is 18.5 Å². The number of nitrogens with two attached hydrogens (primary N) is 1. The van der Waals surface area contributed by atoms with Gasteiger partial charge in [0, 0.05) is 5.56 Å². The average molecular weight is 395 g/mol. The highest BCUT2D eigenvalue weighted by atomic mass is 79.9. The zero-order chi connectivity index (χ0) is 12.9. The van der Waals surface area contributed by atoms with E-state index in [-0.39, 0.29) is 17.0 Å². The van der Waals surface area contributed by atoms with Crippen LogP contribution in [0.3, 0.4) is 0 Å². The zero-order valence-electron chi connectivity index (χ0n) is 11.8. The SMILES string of the molecule is CCC[NH2+][C@H](c1ccccc1)[C@H](Br)[Si](C)(C)C.[Br-]. The van der Waals surface area contributed by atoms with Gasteiger partial charge in [-0.2, -0.15) is 0 Å². The largest absolute Gasteiger partial charge is 1.00 e. The van der Waals surface area contributed by atoms with Crippen LogP contribution in [0, 0.1) is 0 Å². The monoisotopic (exact) mass is 393 g/mol. The van der Waals surface area contributed by atoms with Gasteiger partial charge in [-0.15, -0.1) is 0 Å². The van der Waals surface area contributed by atoms with E-state index in [0.717, 1.165) is 0 Å². The van der Waals surface area contributed by atoms with Crippen molar-refractivity contribution in [2.45, 2.75) is 43.5 Å². The van der Waals surface area contributed by atoms with Crippen LogP contribution in [0.1, 0.15) is 24.9 Å². The van der Waals surface area contributed by atoms with Gasteiger partial charge in [0.2, 0.25) is 0 Å². The van der Waals surface area contributed by atoms with Crippen LogP contribution in [0.25, 0.3) is 0 Å². The summed E-state index contributed by atoms with van der Waals surface area (Å²) in [5.41, 5.74) is 1.45. The third-order valence-corrected chi connectivity index (χ3v) is 9.74. The van der Waals surface area contributed by atoms with E-state index in [1.807, 2.05) is 0 Å². The van der Waals surface area contributed by atoms with Crippen molar-refractivity contribution in [3.05, 3.63) is 35.9 Å². The number of quaternary nitrogens is 1. The molecule has 0 radical (unpaired) electrons. The highest BCUT2D eigenvalue weighted by Crippen LogP contribution is 2.27. The predicted molar refractivity (Wildman–Crippen MR) is 82.3 cm³/mol. The lowest BCUT2D eigenvalue weighted by molar-refractivity contribution is -0.693. The molecule has 0 saturated carbocycles. The van der Waals surface area contributed by atoms with Gasteiger partial charge in [-0.05, 0) is 6.42 Å². The average Bonchev–Trinajstić information content (AvgIpc) is 2.29. The second-order valence-corrected chi connectivity index (χ2v) is 12.9. The van der Waals surface area contributed by atoms with Crippen molar-refractivity contribution >= 4 is 24.0 Å². The quantitative estimate of drug-likeness (QED) is 0.529. The summed E-state index contributed by atoms with van der Waals surface area (Å²) in [7, 11) is -1.17. The van der Waals surface area contributed by atoms with Gasteiger partial charge < -0.3 is 22.3 Å². The summed E-state index contributed by atoms with van der Waals surface area (Å²) in [6, 6.07) is 11.5. The molecule has 0 aromatic heterocycles. The van der Waals surface area contributed by atoms with Crippen molar-refractivity contribution in [3.8, 4) is 0 Å². The van der Waals surface area contributed by atoms with Gasteiger partial charge in [0.15, 0.2) is 0 Å². The van der Waals surface area contributed by atoms with Gasteiger partial charge in [-0.25, -0.2) is 0 Å². The fraction of sp³-hybridized carbons (Fsp3) is 0.571. The van der Waals surface area contributed by atoms with Gasteiger partial charge in [0.05, 0.1) is 19.1 Å². The Morgan fingerprint density at radius 3 is 2.17 bits per heavy atom. The smallest absolute Gasteiger partial charge is 0.122 e. The number of halogens is 2. The maximum atomic E-state index is 3.96. The van der Waals surface area contributed by atoms with Crippen molar-refractivity contribution in [1.29, 1.82) is 0 Å². The number of hydrogen-bond donors (Lipinski definition) is 1. The standard InChI is InChI=1S/C14H24BrNSi.BrH/c1-5-11-16-13(14(15)17(2,3)4)12-9-7-6-8-10-12;/h6-10,13-14,16H,5,11H2,1-4H3;1H/t13-,14-;/m1./s1. The van der Waals surface area contributed by atoms with E-state index in [0.29, 0.717) is 10.5 Å². The summed E-state index contributed by atoms with van der Waals surface area (Å²) >= 11 is 3.96. The molecular weight excluding hydrogens is 370 g/mol. The van der Waals surface area contributed by atoms with E-state index in [2.05, 4.69) is 78.1 Å². The molecule has 0 aliphatic heterocycles. The molecule has 0 aliphatic rings. The topological polar surface area (TPSA) is 16.6 Å². The molecule has 0 unspecified atom stereocenters. The molecule has 18 heavy (non-hydrogen) atoms. The number of hydrogen-bond acceptors (Lipinski definition) is 0. The molecular formula is C14H25Br2NSi. The molecule has 0 spiro atoms. The minimum absolute atomic E-state index is 0. The second kappa shape index (κ2) is 8.51. The maximum Gasteiger partial charge on any atom is 0.122 e. The maximum absolute atomic E-state index is 3.96. The summed E-state index contributed by atoms with van der Waals surface area (Å²) in [5, 5.41) is 2.49. The first-order chi connectivity index (χ1) is 7.96. The summed E-state index contributed by atoms with van der Waals surface area (Å²) in [6.45, 7) is 10.7. The Morgan fingerprint density at radius 1 is 1.17 bits per heavy atom. The lowest BCUT2D eigenvalue weighted by Crippen LogP contribution is -3.00. The third kappa shape index (κ3) is 5.55. The molecule has 1 rings (SSSR count). The fourth-order valence-electron chi connectivity index (χ4n) is 1.98. The van der Waals surface area contributed by atoms with Crippen LogP contribution in [-0.2, 0) is 0 Å². The molecule has 0 aliphatic carbocycles. The molecule has 0 saturated heterocycles. The van der Waals surface area contributed by atoms with Crippen LogP contribution in [0.4, 0.5) is 0 Å². The van der Waals surface area contributed by atoms with E-state index in [1.54, 1.807) is 0 Å². The predicted octanol–water partition coefficient (Wildman–Crippen LogP) is 0.346. The van der Waals surface area contributed by atoms with Crippen molar-refractivity contribution in [2.75, 3.05) is 6.54 Å². The van der Waals surface area contributed by atoms with E-state index in [9.17, 15) is 0 Å². The molecule has 0 fully saturated rings. The molecule has 1 aromatic rings. The van der Waals surface area contributed by atoms with Crippen LogP contribution in [0.2, 0.25) is 19.6 Å². The summed E-state index contributed by atoms with van der Waals surface area (Å²) in [4.78, 5) is 0. The number of rotatable bonds is 6. The van der Waals surface area contributed by atoms with E-state index in [4.69, 9.17) is 0 Å². The van der Waals surface area contributed by atoms with E-state index >= 15 is 0 Å². The van der Waals surface area contributed by atoms with Crippen LogP contribution >= 0.6 is 15.9 Å². The summed E-state index contributed by atoms with van der Waals surface area (Å²) in [6.07, 6.45) is 1.23. The first-order valence-corrected chi connectivity index (χ1v) is 11.0. The summed E-state index contributed by atoms with van der Waals surface area (Å²) in [5.74, 6) is 0. The van der Waals surface area contributed by atoms with E-state index < -0.39 is 8.07 Å². The number of benzene rings is 1. The summed E-state index contributed by atoms with van der Waals surface area (Å²) < 4.78 is 0.615. The normalized spacial score (nSPS) is 14.7. The van der Waals surface area contributed by atoms with Crippen molar-refractivity contribution in [2.24, 2.45) is 0 Å². The Hall–Kier alpha value is 0.357. The van der Waals surface area contributed by atoms with Crippen molar-refractivity contribution in [1.82, 2.24) is 0 Å². The lowest BCUT2D eigenvalue weighted by Gasteiger charge is -2.30. The Kier molecular flexibility index (Phi) is 8.68. The highest BCUT2D eigenvalue weighted by Gasteiger charge is 2.34. The van der Waals surface area contributed by atoms with Crippen LogP contribution in [-0.4, -0.2) is 19.1 Å². The van der Waals surface area contributed by atoms with Crippen LogP contribution in [0.5, 0.6) is 0 Å². The first-order valence-electron chi connectivity index (χ1n) is 6.49. The molecule has 104 valence electrons. The molecule has 0 bridgehead atoms. The Bertz CT molecular complexity index is 324. The molecule has 2 atom stereocenters. The molecule has 1 aromatic carbocycles. The van der Waals surface area contributed by atoms with Gasteiger partial charge >= 0.3 is 0 Å². The van der Waals surface area contributed by atoms with Gasteiger partial charge in [-0.1, -0.05) is 72.8 Å². The van der Waals surface area contributed by atoms with Gasteiger partial charge in [0.25, 0.3) is 0 Å². The van der Waals surface area contributed by atoms with Gasteiger partial charge in [-0.3, -0.25) is 0 Å².